The molecule has 1 amide bonds. The van der Waals surface area contributed by atoms with Crippen molar-refractivity contribution >= 4 is 5.91 Å². The minimum Gasteiger partial charge on any atom is -0.394 e. The molecule has 47 heavy (non-hydrogen) atoms. The van der Waals surface area contributed by atoms with Crippen LogP contribution in [-0.4, -0.2) is 138 Å². The molecular formula is C31H36F2N8O6. The highest BCUT2D eigenvalue weighted by Gasteiger charge is 2.52. The van der Waals surface area contributed by atoms with Crippen LogP contribution in [0.5, 0.6) is 0 Å². The standard InChI is InChI=1S/C31H36F2N8O6/c1-38-14-23(27(43)24(15-38)40-12-21(34-36-40)17-6-4-8-19(32)10-17)39(2)31(45)30-29(46-3)26(28(44)25(16-42)47-30)41-13-22(35-37-41)18-7-5-9-20(33)11-18/h4-13,23-30,42-44H,14-16H2,1-3H3/t23-,24+,25?,26?,27+,28?,29?,30?/m0/s1. The summed E-state index contributed by atoms with van der Waals surface area (Å²) in [5.41, 5.74) is 1.74. The number of rotatable bonds is 8. The van der Waals surface area contributed by atoms with Crippen molar-refractivity contribution in [2.24, 2.45) is 0 Å². The topological polar surface area (TPSA) is 164 Å². The van der Waals surface area contributed by atoms with E-state index in [-0.39, 0.29) is 0 Å². The molecule has 4 aromatic rings. The van der Waals surface area contributed by atoms with Crippen molar-refractivity contribution in [2.45, 2.75) is 48.6 Å². The number of likely N-dealkylation sites (tertiary alicyclic amines) is 1. The number of benzene rings is 2. The van der Waals surface area contributed by atoms with E-state index in [4.69, 9.17) is 9.47 Å². The van der Waals surface area contributed by atoms with Crippen LogP contribution in [0.1, 0.15) is 12.1 Å². The van der Waals surface area contributed by atoms with Crippen molar-refractivity contribution in [2.75, 3.05) is 40.9 Å². The van der Waals surface area contributed by atoms with Gasteiger partial charge in [-0.15, -0.1) is 10.2 Å². The molecule has 8 atom stereocenters. The largest absolute Gasteiger partial charge is 0.394 e. The van der Waals surface area contributed by atoms with Gasteiger partial charge in [0.25, 0.3) is 5.91 Å². The Labute approximate surface area is 268 Å². The summed E-state index contributed by atoms with van der Waals surface area (Å²) >= 11 is 0. The molecule has 5 unspecified atom stereocenters. The maximum Gasteiger partial charge on any atom is 0.254 e. The molecule has 0 aliphatic carbocycles. The van der Waals surface area contributed by atoms with Crippen LogP contribution in [-0.2, 0) is 14.3 Å². The van der Waals surface area contributed by atoms with E-state index in [0.29, 0.717) is 35.6 Å². The van der Waals surface area contributed by atoms with Crippen molar-refractivity contribution in [1.82, 2.24) is 39.8 Å². The van der Waals surface area contributed by atoms with E-state index >= 15 is 0 Å². The summed E-state index contributed by atoms with van der Waals surface area (Å²) in [6.07, 6.45) is -2.91. The molecule has 0 spiro atoms. The number of aromatic nitrogens is 6. The third-order valence-corrected chi connectivity index (χ3v) is 8.92. The number of carbonyl (C=O) groups excluding carboxylic acids is 1. The molecule has 2 fully saturated rings. The molecular weight excluding hydrogens is 618 g/mol. The summed E-state index contributed by atoms with van der Waals surface area (Å²) in [5.74, 6) is -1.43. The highest BCUT2D eigenvalue weighted by Crippen LogP contribution is 2.35. The zero-order chi connectivity index (χ0) is 33.4. The number of carbonyl (C=O) groups is 1. The van der Waals surface area contributed by atoms with Crippen LogP contribution in [0.25, 0.3) is 22.5 Å². The molecule has 2 aromatic heterocycles. The predicted octanol–water partition coefficient (Wildman–Crippen LogP) is 0.533. The smallest absolute Gasteiger partial charge is 0.254 e. The van der Waals surface area contributed by atoms with Crippen LogP contribution in [0.15, 0.2) is 60.9 Å². The van der Waals surface area contributed by atoms with E-state index in [2.05, 4.69) is 20.6 Å². The van der Waals surface area contributed by atoms with Crippen LogP contribution in [0, 0.1) is 11.6 Å². The van der Waals surface area contributed by atoms with Gasteiger partial charge < -0.3 is 34.6 Å². The third kappa shape index (κ3) is 6.39. The minimum absolute atomic E-state index is 0.311. The molecule has 2 aromatic carbocycles. The first-order valence-electron chi connectivity index (χ1n) is 15.1. The number of methoxy groups -OCH3 is 1. The number of hydrogen-bond donors (Lipinski definition) is 3. The number of hydrogen-bond acceptors (Lipinski definition) is 11. The number of aliphatic hydroxyl groups is 3. The van der Waals surface area contributed by atoms with E-state index in [1.165, 1.54) is 64.9 Å². The molecule has 2 aliphatic heterocycles. The van der Waals surface area contributed by atoms with Crippen molar-refractivity contribution in [3.8, 4) is 22.5 Å². The zero-order valence-corrected chi connectivity index (χ0v) is 25.9. The lowest BCUT2D eigenvalue weighted by Crippen LogP contribution is -2.64. The summed E-state index contributed by atoms with van der Waals surface area (Å²) in [7, 11) is 4.74. The summed E-state index contributed by atoms with van der Waals surface area (Å²) in [6.45, 7) is 0.0994. The van der Waals surface area contributed by atoms with Gasteiger partial charge in [0.2, 0.25) is 0 Å². The summed E-state index contributed by atoms with van der Waals surface area (Å²) in [4.78, 5) is 17.5. The molecule has 2 aliphatic rings. The zero-order valence-electron chi connectivity index (χ0n) is 25.9. The summed E-state index contributed by atoms with van der Waals surface area (Å²) in [6, 6.07) is 9.37. The van der Waals surface area contributed by atoms with Crippen LogP contribution < -0.4 is 0 Å². The second kappa shape index (κ2) is 13.5. The van der Waals surface area contributed by atoms with Crippen molar-refractivity contribution in [3.05, 3.63) is 72.6 Å². The Morgan fingerprint density at radius 3 is 2.15 bits per heavy atom. The lowest BCUT2D eigenvalue weighted by atomic mass is 9.90. The number of halogens is 2. The monoisotopic (exact) mass is 654 g/mol. The van der Waals surface area contributed by atoms with E-state index in [9.17, 15) is 28.9 Å². The fourth-order valence-corrected chi connectivity index (χ4v) is 6.42. The number of piperidine rings is 1. The Bertz CT molecular complexity index is 1710. The van der Waals surface area contributed by atoms with Gasteiger partial charge in [0.1, 0.15) is 47.4 Å². The average Bonchev–Trinajstić information content (AvgIpc) is 3.76. The number of likely N-dealkylation sites (N-methyl/N-ethyl adjacent to an activating group) is 2. The van der Waals surface area contributed by atoms with Gasteiger partial charge in [-0.25, -0.2) is 18.1 Å². The highest BCUT2D eigenvalue weighted by atomic mass is 19.1. The van der Waals surface area contributed by atoms with Crippen molar-refractivity contribution in [1.29, 1.82) is 0 Å². The Morgan fingerprint density at radius 1 is 0.979 bits per heavy atom. The number of ether oxygens (including phenoxy) is 2. The van der Waals surface area contributed by atoms with E-state index in [0.717, 1.165) is 0 Å². The first-order valence-corrected chi connectivity index (χ1v) is 15.1. The quantitative estimate of drug-likeness (QED) is 0.243. The lowest BCUT2D eigenvalue weighted by Gasteiger charge is -2.47. The Balaban J connectivity index is 1.25. The second-order valence-electron chi connectivity index (χ2n) is 11.9. The van der Waals surface area contributed by atoms with E-state index < -0.39 is 72.8 Å². The van der Waals surface area contributed by atoms with Gasteiger partial charge in [-0.3, -0.25) is 4.79 Å². The van der Waals surface area contributed by atoms with Gasteiger partial charge in [-0.05, 0) is 31.3 Å². The SMILES string of the molecule is COC1C(C(=O)N(C)[C@H]2CN(C)C[C@@H](n3cc(-c4cccc(F)c4)nn3)[C@@H]2O)OC(CO)C(O)C1n1cc(-c2cccc(F)c2)nn1. The first kappa shape index (κ1) is 32.7. The van der Waals surface area contributed by atoms with Crippen LogP contribution in [0.2, 0.25) is 0 Å². The van der Waals surface area contributed by atoms with Gasteiger partial charge in [-0.2, -0.15) is 0 Å². The van der Waals surface area contributed by atoms with Crippen LogP contribution >= 0.6 is 0 Å². The molecule has 6 rings (SSSR count). The van der Waals surface area contributed by atoms with Gasteiger partial charge in [0, 0.05) is 38.4 Å². The highest BCUT2D eigenvalue weighted by molar-refractivity contribution is 5.82. The van der Waals surface area contributed by atoms with Crippen LogP contribution in [0.4, 0.5) is 8.78 Å². The lowest BCUT2D eigenvalue weighted by molar-refractivity contribution is -0.218. The summed E-state index contributed by atoms with van der Waals surface area (Å²) in [5, 5.41) is 49.6. The molecule has 2 saturated heterocycles. The number of nitrogens with zero attached hydrogens (tertiary/aromatic N) is 8. The molecule has 3 N–H and O–H groups in total. The summed E-state index contributed by atoms with van der Waals surface area (Å²) < 4.78 is 42.2. The van der Waals surface area contributed by atoms with Crippen molar-refractivity contribution in [3.63, 3.8) is 0 Å². The molecule has 0 saturated carbocycles. The number of aliphatic hydroxyl groups excluding tert-OH is 3. The molecule has 4 heterocycles. The van der Waals surface area contributed by atoms with Gasteiger partial charge in [0.05, 0.1) is 37.2 Å². The minimum atomic E-state index is -1.35. The van der Waals surface area contributed by atoms with Crippen LogP contribution in [0.3, 0.4) is 0 Å². The normalized spacial score (nSPS) is 28.3. The Morgan fingerprint density at radius 2 is 1.57 bits per heavy atom. The van der Waals surface area contributed by atoms with Gasteiger partial charge in [0.15, 0.2) is 6.10 Å². The molecule has 16 heteroatoms. The fourth-order valence-electron chi connectivity index (χ4n) is 6.42. The van der Waals surface area contributed by atoms with E-state index in [1.54, 1.807) is 24.4 Å². The second-order valence-corrected chi connectivity index (χ2v) is 11.9. The molecule has 0 radical (unpaired) electrons. The maximum absolute atomic E-state index is 14.2. The fraction of sp³-hybridized carbons (Fsp3) is 0.452. The van der Waals surface area contributed by atoms with Gasteiger partial charge >= 0.3 is 0 Å². The number of amides is 1. The van der Waals surface area contributed by atoms with Crippen molar-refractivity contribution < 1.29 is 38.4 Å². The third-order valence-electron chi connectivity index (χ3n) is 8.92. The average molecular weight is 655 g/mol. The predicted molar refractivity (Wildman–Crippen MR) is 162 cm³/mol. The Kier molecular flexibility index (Phi) is 9.41. The maximum atomic E-state index is 14.2. The molecule has 14 nitrogen and oxygen atoms in total. The van der Waals surface area contributed by atoms with E-state index in [1.807, 2.05) is 11.9 Å². The molecule has 0 bridgehead atoms. The van der Waals surface area contributed by atoms with Gasteiger partial charge in [-0.1, -0.05) is 34.7 Å². The first-order chi connectivity index (χ1) is 22.6. The molecule has 250 valence electrons. The Hall–Kier alpha value is -4.19.